The van der Waals surface area contributed by atoms with Gasteiger partial charge < -0.3 is 31.3 Å². The van der Waals surface area contributed by atoms with Gasteiger partial charge in [0.1, 0.15) is 18.6 Å². The quantitative estimate of drug-likeness (QED) is 0.0971. The maximum absolute atomic E-state index is 12.0. The third-order valence-electron chi connectivity index (χ3n) is 4.01. The number of rotatable bonds is 11. The molecule has 12 heteroatoms. The number of hydrogen-bond acceptors (Lipinski definition) is 7. The molecule has 0 spiro atoms. The van der Waals surface area contributed by atoms with Crippen molar-refractivity contribution in [2.75, 3.05) is 12.3 Å². The van der Waals surface area contributed by atoms with E-state index in [1.165, 1.54) is 0 Å². The zero-order valence-electron chi connectivity index (χ0n) is 17.5. The van der Waals surface area contributed by atoms with Gasteiger partial charge in [0.15, 0.2) is 5.88 Å². The largest absolute Gasteiger partial charge is 0.494 e. The van der Waals surface area contributed by atoms with Gasteiger partial charge >= 0.3 is 11.9 Å². The number of allylic oxidation sites excluding steroid dienone is 5. The third kappa shape index (κ3) is 12.5. The summed E-state index contributed by atoms with van der Waals surface area (Å²) in [6, 6.07) is 7.72. The Hall–Kier alpha value is -3.08. The number of aliphatic hydroxyl groups is 1. The van der Waals surface area contributed by atoms with Gasteiger partial charge in [0.2, 0.25) is 11.8 Å². The Morgan fingerprint density at radius 1 is 0.970 bits per heavy atom. The topological polar surface area (TPSA) is 165 Å². The molecule has 0 saturated heterocycles. The first-order valence-electron chi connectivity index (χ1n) is 9.58. The van der Waals surface area contributed by atoms with Gasteiger partial charge in [0.25, 0.3) is 0 Å². The van der Waals surface area contributed by atoms with Crippen molar-refractivity contribution in [2.45, 2.75) is 24.9 Å². The predicted octanol–water partition coefficient (Wildman–Crippen LogP) is 0.723. The summed E-state index contributed by atoms with van der Waals surface area (Å²) in [6.45, 7) is -0.596. The van der Waals surface area contributed by atoms with Gasteiger partial charge in [-0.05, 0) is 18.6 Å². The number of carboxylic acids is 2. The fraction of sp³-hybridized carbons (Fsp3) is 0.286. The van der Waals surface area contributed by atoms with Gasteiger partial charge in [-0.1, -0.05) is 12.2 Å². The molecule has 182 valence electrons. The van der Waals surface area contributed by atoms with Crippen LogP contribution in [0.5, 0.6) is 0 Å². The van der Waals surface area contributed by atoms with Crippen molar-refractivity contribution in [3.05, 3.63) is 66.1 Å². The molecule has 2 amide bonds. The second-order valence-electron chi connectivity index (χ2n) is 6.47. The molecule has 2 rings (SSSR count). The van der Waals surface area contributed by atoms with Crippen LogP contribution in [-0.2, 0) is 36.2 Å². The van der Waals surface area contributed by atoms with Crippen molar-refractivity contribution in [1.82, 2.24) is 16.0 Å². The Balaban J connectivity index is 0.00000150. The Kier molecular flexibility index (Phi) is 15.0. The van der Waals surface area contributed by atoms with E-state index < -0.39 is 42.4 Å². The summed E-state index contributed by atoms with van der Waals surface area (Å²) in [4.78, 5) is 45.5. The molecule has 10 nitrogen and oxygen atoms in total. The number of thiol groups is 1. The van der Waals surface area contributed by atoms with Crippen molar-refractivity contribution in [1.29, 1.82) is 0 Å². The predicted molar refractivity (Wildman–Crippen MR) is 120 cm³/mol. The Morgan fingerprint density at radius 3 is 2.03 bits per heavy atom. The second kappa shape index (κ2) is 16.5. The number of aliphatic hydroxyl groups excluding tert-OH is 1. The summed E-state index contributed by atoms with van der Waals surface area (Å²) in [7, 11) is 0. The maximum atomic E-state index is 12.0. The van der Waals surface area contributed by atoms with Crippen molar-refractivity contribution in [2.24, 2.45) is 0 Å². The minimum atomic E-state index is -1.26. The molecule has 6 N–H and O–H groups in total. The fourth-order valence-electron chi connectivity index (χ4n) is 2.38. The van der Waals surface area contributed by atoms with E-state index in [4.69, 9.17) is 5.11 Å². The number of aliphatic carboxylic acids is 2. The Labute approximate surface area is 207 Å². The number of carboxylic acid groups (broad SMARTS) is 2. The van der Waals surface area contributed by atoms with Crippen molar-refractivity contribution in [3.8, 4) is 0 Å². The third-order valence-corrected chi connectivity index (χ3v) is 4.37. The smallest absolute Gasteiger partial charge is 0.326 e. The molecule has 1 aromatic carbocycles. The summed E-state index contributed by atoms with van der Waals surface area (Å²) in [5, 5.41) is 34.5. The number of carbonyl (C=O) groups excluding carboxylic acids is 2. The van der Waals surface area contributed by atoms with E-state index in [1.54, 1.807) is 24.3 Å². The number of hydrogen-bond donors (Lipinski definition) is 7. The Bertz CT molecular complexity index is 838. The van der Waals surface area contributed by atoms with Crippen LogP contribution in [0.4, 0.5) is 0 Å². The minimum absolute atomic E-state index is 0. The van der Waals surface area contributed by atoms with E-state index in [1.807, 2.05) is 30.3 Å². The van der Waals surface area contributed by atoms with Gasteiger partial charge in [-0.15, -0.1) is 0 Å². The molecule has 33 heavy (non-hydrogen) atoms. The van der Waals surface area contributed by atoms with Crippen LogP contribution in [0, 0.1) is 0 Å². The summed E-state index contributed by atoms with van der Waals surface area (Å²) >= 11 is 3.93. The van der Waals surface area contributed by atoms with Crippen molar-refractivity contribution >= 4 is 36.4 Å². The molecule has 1 aliphatic rings. The summed E-state index contributed by atoms with van der Waals surface area (Å²) in [6.07, 6.45) is 6.12. The van der Waals surface area contributed by atoms with Crippen molar-refractivity contribution in [3.63, 3.8) is 0 Å². The van der Waals surface area contributed by atoms with Crippen molar-refractivity contribution < 1.29 is 51.6 Å². The molecule has 2 atom stereocenters. The average molecular weight is 520 g/mol. The van der Waals surface area contributed by atoms with Gasteiger partial charge in [-0.25, -0.2) is 16.9 Å². The van der Waals surface area contributed by atoms with Crippen LogP contribution in [0.25, 0.3) is 0 Å². The van der Waals surface area contributed by atoms with E-state index in [0.29, 0.717) is 5.57 Å². The summed E-state index contributed by atoms with van der Waals surface area (Å²) in [5.74, 6) is -4.20. The van der Waals surface area contributed by atoms with Crippen LogP contribution in [0.1, 0.15) is 12.8 Å². The number of amides is 2. The SMILES string of the molecule is O=C(O)CNC(=O)[C@H](CS)NC(=O)CC[C@H](NC(O)=C1C=CC=C1)C(=O)O.[Fe].c1cc[cH-]c1. The first kappa shape index (κ1) is 29.9. The van der Waals surface area contributed by atoms with Crippen LogP contribution in [0.2, 0.25) is 0 Å². The van der Waals surface area contributed by atoms with E-state index in [-0.39, 0.29) is 41.5 Å². The molecule has 0 aliphatic heterocycles. The molecular formula is C21H26FeN3O7S-. The molecular weight excluding hydrogens is 494 g/mol. The Morgan fingerprint density at radius 2 is 1.58 bits per heavy atom. The van der Waals surface area contributed by atoms with Gasteiger partial charge in [0.05, 0.1) is 0 Å². The minimum Gasteiger partial charge on any atom is -0.494 e. The van der Waals surface area contributed by atoms with Crippen LogP contribution in [-0.4, -0.2) is 63.5 Å². The van der Waals surface area contributed by atoms with Gasteiger partial charge in [-0.2, -0.15) is 30.8 Å². The number of nitrogens with one attached hydrogen (secondary N) is 3. The first-order chi connectivity index (χ1) is 15.2. The van der Waals surface area contributed by atoms with Crippen LogP contribution >= 0.6 is 12.6 Å². The maximum Gasteiger partial charge on any atom is 0.326 e. The van der Waals surface area contributed by atoms with Gasteiger partial charge in [0, 0.05) is 34.8 Å². The molecule has 1 aromatic rings. The monoisotopic (exact) mass is 520 g/mol. The normalized spacial score (nSPS) is 12.9. The van der Waals surface area contributed by atoms with E-state index in [0.717, 1.165) is 0 Å². The van der Waals surface area contributed by atoms with Crippen LogP contribution in [0.3, 0.4) is 0 Å². The molecule has 0 heterocycles. The van der Waals surface area contributed by atoms with Crippen LogP contribution < -0.4 is 16.0 Å². The summed E-state index contributed by atoms with van der Waals surface area (Å²) < 4.78 is 0. The molecule has 0 aromatic heterocycles. The molecule has 0 saturated carbocycles. The first-order valence-corrected chi connectivity index (χ1v) is 10.2. The average Bonchev–Trinajstić information content (AvgIpc) is 3.49. The zero-order chi connectivity index (χ0) is 23.9. The second-order valence-corrected chi connectivity index (χ2v) is 6.84. The molecule has 0 fully saturated rings. The standard InChI is InChI=1S/C16H21N3O7S.C5H5.Fe/c20-12(18-11(8-27)15(24)17-7-13(21)22)6-5-10(16(25)26)19-14(23)9-3-1-2-4-9;1-2-4-5-3-1;/h1-4,10-11,19,23,27H,5-8H2,(H,17,24)(H,18,20)(H,21,22)(H,25,26);1-5H;/q;-1;/t10-,11-;;/m0../s1. The van der Waals surface area contributed by atoms with Gasteiger partial charge in [-0.3, -0.25) is 14.4 Å². The van der Waals surface area contributed by atoms with E-state index >= 15 is 0 Å². The van der Waals surface area contributed by atoms with Crippen LogP contribution in [0.15, 0.2) is 66.1 Å². The molecule has 1 aliphatic carbocycles. The molecule has 0 unspecified atom stereocenters. The van der Waals surface area contributed by atoms with E-state index in [2.05, 4.69) is 28.6 Å². The zero-order valence-corrected chi connectivity index (χ0v) is 19.5. The van der Waals surface area contributed by atoms with E-state index in [9.17, 15) is 29.4 Å². The molecule has 0 bridgehead atoms. The summed E-state index contributed by atoms with van der Waals surface area (Å²) in [5.41, 5.74) is 0.413. The fourth-order valence-corrected chi connectivity index (χ4v) is 2.64. The molecule has 0 radical (unpaired) electrons. The number of carbonyl (C=O) groups is 4.